The quantitative estimate of drug-likeness (QED) is 0.376. The van der Waals surface area contributed by atoms with Gasteiger partial charge in [-0.3, -0.25) is 4.79 Å². The van der Waals surface area contributed by atoms with Crippen molar-refractivity contribution < 1.29 is 19.8 Å². The first kappa shape index (κ1) is 12.3. The Bertz CT molecular complexity index is 339. The normalized spacial score (nSPS) is 21.7. The lowest BCUT2D eigenvalue weighted by molar-refractivity contribution is -0.150. The Morgan fingerprint density at radius 2 is 2.44 bits per heavy atom. The zero-order valence-electron chi connectivity index (χ0n) is 8.48. The largest absolute Gasteiger partial charge is 0.480 e. The summed E-state index contributed by atoms with van der Waals surface area (Å²) in [5.74, 6) is -1.74. The predicted octanol–water partition coefficient (Wildman–Crippen LogP) is -0.409. The van der Waals surface area contributed by atoms with E-state index in [0.717, 1.165) is 4.90 Å². The SMILES string of the molecule is [N-]=[N+]=NCC1CC(=O)N([C@@H](CO)C(=O)O)C1. The number of carboxylic acid groups (broad SMARTS) is 1. The highest BCUT2D eigenvalue weighted by Gasteiger charge is 2.36. The molecule has 16 heavy (non-hydrogen) atoms. The molecule has 2 atom stereocenters. The van der Waals surface area contributed by atoms with Gasteiger partial charge in [-0.15, -0.1) is 0 Å². The van der Waals surface area contributed by atoms with Crippen LogP contribution < -0.4 is 0 Å². The maximum Gasteiger partial charge on any atom is 0.328 e. The monoisotopic (exact) mass is 228 g/mol. The highest BCUT2D eigenvalue weighted by Crippen LogP contribution is 2.20. The minimum Gasteiger partial charge on any atom is -0.480 e. The number of carboxylic acids is 1. The van der Waals surface area contributed by atoms with Gasteiger partial charge in [0.05, 0.1) is 6.61 Å². The number of aliphatic hydroxyl groups excluding tert-OH is 1. The van der Waals surface area contributed by atoms with E-state index >= 15 is 0 Å². The maximum atomic E-state index is 11.5. The van der Waals surface area contributed by atoms with Gasteiger partial charge in [0.2, 0.25) is 5.91 Å². The number of hydrogen-bond acceptors (Lipinski definition) is 4. The molecule has 1 unspecified atom stereocenters. The van der Waals surface area contributed by atoms with Crippen molar-refractivity contribution >= 4 is 11.9 Å². The van der Waals surface area contributed by atoms with Crippen LogP contribution in [0.15, 0.2) is 5.11 Å². The van der Waals surface area contributed by atoms with Crippen LogP contribution in [0.2, 0.25) is 0 Å². The molecule has 1 heterocycles. The zero-order valence-corrected chi connectivity index (χ0v) is 8.48. The summed E-state index contributed by atoms with van der Waals surface area (Å²) in [4.78, 5) is 25.9. The molecule has 8 nitrogen and oxygen atoms in total. The van der Waals surface area contributed by atoms with Gasteiger partial charge < -0.3 is 15.1 Å². The molecule has 0 bridgehead atoms. The van der Waals surface area contributed by atoms with Gasteiger partial charge in [0.1, 0.15) is 0 Å². The molecular formula is C8H12N4O4. The van der Waals surface area contributed by atoms with Crippen LogP contribution in [0.4, 0.5) is 0 Å². The third-order valence-corrected chi connectivity index (χ3v) is 2.48. The van der Waals surface area contributed by atoms with Crippen LogP contribution in [0.3, 0.4) is 0 Å². The molecular weight excluding hydrogens is 216 g/mol. The van der Waals surface area contributed by atoms with Gasteiger partial charge in [0.25, 0.3) is 0 Å². The van der Waals surface area contributed by atoms with Crippen LogP contribution in [0.1, 0.15) is 6.42 Å². The zero-order chi connectivity index (χ0) is 12.1. The van der Waals surface area contributed by atoms with E-state index in [0.29, 0.717) is 0 Å². The molecule has 0 saturated carbocycles. The minimum absolute atomic E-state index is 0.156. The van der Waals surface area contributed by atoms with Crippen molar-refractivity contribution in [1.29, 1.82) is 0 Å². The smallest absolute Gasteiger partial charge is 0.328 e. The van der Waals surface area contributed by atoms with E-state index in [2.05, 4.69) is 10.0 Å². The van der Waals surface area contributed by atoms with E-state index in [1.54, 1.807) is 0 Å². The molecule has 1 amide bonds. The topological polar surface area (TPSA) is 127 Å². The van der Waals surface area contributed by atoms with Crippen molar-refractivity contribution in [3.8, 4) is 0 Å². The van der Waals surface area contributed by atoms with Crippen LogP contribution in [0, 0.1) is 5.92 Å². The predicted molar refractivity (Wildman–Crippen MR) is 52.3 cm³/mol. The van der Waals surface area contributed by atoms with Gasteiger partial charge in [-0.2, -0.15) is 0 Å². The van der Waals surface area contributed by atoms with Crippen molar-refractivity contribution in [3.63, 3.8) is 0 Å². The summed E-state index contributed by atoms with van der Waals surface area (Å²) in [6.07, 6.45) is 0.156. The average Bonchev–Trinajstić information content (AvgIpc) is 2.58. The van der Waals surface area contributed by atoms with Crippen molar-refractivity contribution in [2.24, 2.45) is 11.0 Å². The number of hydrogen-bond donors (Lipinski definition) is 2. The fourth-order valence-electron chi connectivity index (χ4n) is 1.69. The first-order chi connectivity index (χ1) is 7.60. The lowest BCUT2D eigenvalue weighted by Gasteiger charge is -2.22. The summed E-state index contributed by atoms with van der Waals surface area (Å²) >= 11 is 0. The second-order valence-electron chi connectivity index (χ2n) is 3.57. The van der Waals surface area contributed by atoms with E-state index in [1.165, 1.54) is 0 Å². The molecule has 0 aromatic rings. The number of carbonyl (C=O) groups is 2. The molecule has 1 rings (SSSR count). The third-order valence-electron chi connectivity index (χ3n) is 2.48. The van der Waals surface area contributed by atoms with Crippen LogP contribution in [-0.2, 0) is 9.59 Å². The van der Waals surface area contributed by atoms with Crippen molar-refractivity contribution in [2.75, 3.05) is 19.7 Å². The summed E-state index contributed by atoms with van der Waals surface area (Å²) in [5.41, 5.74) is 8.13. The fourth-order valence-corrected chi connectivity index (χ4v) is 1.69. The van der Waals surface area contributed by atoms with Crippen molar-refractivity contribution in [2.45, 2.75) is 12.5 Å². The summed E-state index contributed by atoms with van der Waals surface area (Å²) in [7, 11) is 0. The average molecular weight is 228 g/mol. The number of nitrogens with zero attached hydrogens (tertiary/aromatic N) is 4. The van der Waals surface area contributed by atoms with Gasteiger partial charge in [0, 0.05) is 24.4 Å². The van der Waals surface area contributed by atoms with Gasteiger partial charge in [0.15, 0.2) is 6.04 Å². The summed E-state index contributed by atoms with van der Waals surface area (Å²) in [5, 5.41) is 21.0. The molecule has 0 aromatic carbocycles. The van der Waals surface area contributed by atoms with E-state index in [-0.39, 0.29) is 31.3 Å². The minimum atomic E-state index is -1.24. The summed E-state index contributed by atoms with van der Waals surface area (Å²) < 4.78 is 0. The first-order valence-electron chi connectivity index (χ1n) is 4.74. The number of likely N-dealkylation sites (tertiary alicyclic amines) is 1. The summed E-state index contributed by atoms with van der Waals surface area (Å²) in [6, 6.07) is -1.21. The number of azide groups is 1. The Morgan fingerprint density at radius 3 is 2.94 bits per heavy atom. The molecule has 8 heteroatoms. The first-order valence-corrected chi connectivity index (χ1v) is 4.74. The number of rotatable bonds is 5. The van der Waals surface area contributed by atoms with Crippen molar-refractivity contribution in [1.82, 2.24) is 4.90 Å². The second kappa shape index (κ2) is 5.34. The van der Waals surface area contributed by atoms with Gasteiger partial charge >= 0.3 is 5.97 Å². The maximum absolute atomic E-state index is 11.5. The number of aliphatic hydroxyl groups is 1. The Kier molecular flexibility index (Phi) is 4.10. The molecule has 1 aliphatic rings. The highest BCUT2D eigenvalue weighted by molar-refractivity contribution is 5.85. The highest BCUT2D eigenvalue weighted by atomic mass is 16.4. The molecule has 0 aromatic heterocycles. The van der Waals surface area contributed by atoms with Gasteiger partial charge in [-0.05, 0) is 11.4 Å². The molecule has 1 aliphatic heterocycles. The van der Waals surface area contributed by atoms with Crippen LogP contribution in [0.25, 0.3) is 10.4 Å². The van der Waals surface area contributed by atoms with E-state index in [9.17, 15) is 9.59 Å². The van der Waals surface area contributed by atoms with Crippen LogP contribution in [-0.4, -0.2) is 52.7 Å². The van der Waals surface area contributed by atoms with Crippen LogP contribution >= 0.6 is 0 Å². The second-order valence-corrected chi connectivity index (χ2v) is 3.57. The Hall–Kier alpha value is -1.79. The van der Waals surface area contributed by atoms with Crippen molar-refractivity contribution in [3.05, 3.63) is 10.4 Å². The molecule has 2 N–H and O–H groups in total. The number of carbonyl (C=O) groups excluding carboxylic acids is 1. The lowest BCUT2D eigenvalue weighted by atomic mass is 10.1. The third kappa shape index (κ3) is 2.62. The molecule has 0 spiro atoms. The molecule has 88 valence electrons. The molecule has 0 radical (unpaired) electrons. The Morgan fingerprint density at radius 1 is 1.75 bits per heavy atom. The fraction of sp³-hybridized carbons (Fsp3) is 0.750. The van der Waals surface area contributed by atoms with Crippen LogP contribution in [0.5, 0.6) is 0 Å². The Labute approximate surface area is 91.1 Å². The number of amides is 1. The summed E-state index contributed by atoms with van der Waals surface area (Å²) in [6.45, 7) is -0.249. The number of aliphatic carboxylic acids is 1. The molecule has 1 saturated heterocycles. The van der Waals surface area contributed by atoms with Gasteiger partial charge in [-0.1, -0.05) is 5.11 Å². The standard InChI is InChI=1S/C8H12N4O4/c9-11-10-2-5-1-7(14)12(3-5)6(4-13)8(15)16/h5-6,13H,1-4H2,(H,15,16)/t5?,6-/m0/s1. The van der Waals surface area contributed by atoms with E-state index in [4.69, 9.17) is 15.7 Å². The molecule has 1 fully saturated rings. The van der Waals surface area contributed by atoms with E-state index in [1.807, 2.05) is 0 Å². The van der Waals surface area contributed by atoms with Gasteiger partial charge in [-0.25, -0.2) is 4.79 Å². The van der Waals surface area contributed by atoms with E-state index < -0.39 is 18.6 Å². The lowest BCUT2D eigenvalue weighted by Crippen LogP contribution is -2.44. The Balaban J connectivity index is 2.66. The molecule has 0 aliphatic carbocycles.